The summed E-state index contributed by atoms with van der Waals surface area (Å²) in [5.41, 5.74) is 7.06. The van der Waals surface area contributed by atoms with Gasteiger partial charge in [0.2, 0.25) is 0 Å². The topological polar surface area (TPSA) is 55.6 Å². The first-order chi connectivity index (χ1) is 9.24. The number of benzene rings is 1. The molecule has 1 aromatic carbocycles. The number of carbonyl (C=O) groups is 1. The summed E-state index contributed by atoms with van der Waals surface area (Å²) in [6, 6.07) is 7.92. The highest BCUT2D eigenvalue weighted by molar-refractivity contribution is 5.88. The van der Waals surface area contributed by atoms with Crippen molar-refractivity contribution in [3.05, 3.63) is 29.8 Å². The van der Waals surface area contributed by atoms with Gasteiger partial charge in [0.25, 0.3) is 0 Å². The van der Waals surface area contributed by atoms with Gasteiger partial charge in [-0.3, -0.25) is 4.90 Å². The molecule has 0 unspecified atom stereocenters. The van der Waals surface area contributed by atoms with Crippen LogP contribution >= 0.6 is 0 Å². The Morgan fingerprint density at radius 2 is 1.80 bits per heavy atom. The van der Waals surface area contributed by atoms with Crippen LogP contribution in [-0.2, 0) is 11.2 Å². The molecule has 0 bridgehead atoms. The number of hydrogen-bond donors (Lipinski definition) is 1. The molecule has 0 heterocycles. The van der Waals surface area contributed by atoms with E-state index in [1.807, 2.05) is 58.9 Å². The van der Waals surface area contributed by atoms with E-state index in [0.29, 0.717) is 6.54 Å². The van der Waals surface area contributed by atoms with Crippen LogP contribution in [0, 0.1) is 0 Å². The maximum Gasteiger partial charge on any atom is 0.415 e. The number of anilines is 1. The monoisotopic (exact) mass is 278 g/mol. The van der Waals surface area contributed by atoms with Gasteiger partial charge in [0, 0.05) is 11.7 Å². The number of hydrogen-bond acceptors (Lipinski definition) is 3. The summed E-state index contributed by atoms with van der Waals surface area (Å²) in [5, 5.41) is 0. The number of nitrogens with two attached hydrogens (primary N) is 1. The van der Waals surface area contributed by atoms with Crippen molar-refractivity contribution < 1.29 is 9.53 Å². The summed E-state index contributed by atoms with van der Waals surface area (Å²) in [5.74, 6) is 0. The summed E-state index contributed by atoms with van der Waals surface area (Å²) >= 11 is 0. The number of carbonyl (C=O) groups excluding carboxylic acids is 1. The van der Waals surface area contributed by atoms with E-state index in [0.717, 1.165) is 12.1 Å². The molecule has 1 amide bonds. The van der Waals surface area contributed by atoms with Crippen molar-refractivity contribution in [1.29, 1.82) is 0 Å². The quantitative estimate of drug-likeness (QED) is 0.919. The summed E-state index contributed by atoms with van der Waals surface area (Å²) in [6.07, 6.45) is 0.521. The number of nitrogens with zero attached hydrogens (tertiary/aromatic N) is 1. The third-order valence-electron chi connectivity index (χ3n) is 2.75. The van der Waals surface area contributed by atoms with E-state index in [9.17, 15) is 4.79 Å². The van der Waals surface area contributed by atoms with Crippen LogP contribution in [0.15, 0.2) is 24.3 Å². The molecule has 0 aromatic heterocycles. The molecule has 0 aliphatic carbocycles. The van der Waals surface area contributed by atoms with Gasteiger partial charge in [0.1, 0.15) is 5.60 Å². The summed E-state index contributed by atoms with van der Waals surface area (Å²) < 4.78 is 5.46. The Labute approximate surface area is 121 Å². The van der Waals surface area contributed by atoms with Crippen molar-refractivity contribution in [3.63, 3.8) is 0 Å². The highest BCUT2D eigenvalue weighted by Crippen LogP contribution is 2.21. The second kappa shape index (κ2) is 6.75. The molecular formula is C16H26N2O2. The first-order valence-corrected chi connectivity index (χ1v) is 7.06. The molecule has 0 radical (unpaired) electrons. The van der Waals surface area contributed by atoms with E-state index in [1.54, 1.807) is 4.90 Å². The average Bonchev–Trinajstić information content (AvgIpc) is 2.29. The maximum absolute atomic E-state index is 12.3. The molecule has 112 valence electrons. The molecule has 4 heteroatoms. The maximum atomic E-state index is 12.3. The molecule has 0 aliphatic heterocycles. The lowest BCUT2D eigenvalue weighted by Crippen LogP contribution is -2.41. The lowest BCUT2D eigenvalue weighted by atomic mass is 10.1. The van der Waals surface area contributed by atoms with Crippen molar-refractivity contribution in [1.82, 2.24) is 0 Å². The Hall–Kier alpha value is -1.55. The zero-order valence-electron chi connectivity index (χ0n) is 13.1. The molecule has 0 saturated carbocycles. The van der Waals surface area contributed by atoms with Gasteiger partial charge in [-0.05, 0) is 65.3 Å². The van der Waals surface area contributed by atoms with Crippen LogP contribution in [0.4, 0.5) is 10.5 Å². The zero-order valence-corrected chi connectivity index (χ0v) is 13.1. The van der Waals surface area contributed by atoms with Crippen molar-refractivity contribution in [2.24, 2.45) is 5.73 Å². The van der Waals surface area contributed by atoms with Gasteiger partial charge < -0.3 is 10.5 Å². The minimum Gasteiger partial charge on any atom is -0.443 e. The van der Waals surface area contributed by atoms with E-state index < -0.39 is 5.60 Å². The largest absolute Gasteiger partial charge is 0.443 e. The molecule has 1 aromatic rings. The SMILES string of the molecule is CC(C)N(C(=O)OC(C)(C)C)c1ccc(CCN)cc1. The Morgan fingerprint density at radius 3 is 2.20 bits per heavy atom. The fourth-order valence-electron chi connectivity index (χ4n) is 1.92. The molecule has 0 saturated heterocycles. The number of amides is 1. The van der Waals surface area contributed by atoms with Crippen molar-refractivity contribution in [2.75, 3.05) is 11.4 Å². The molecule has 4 nitrogen and oxygen atoms in total. The smallest absolute Gasteiger partial charge is 0.415 e. The predicted octanol–water partition coefficient (Wildman–Crippen LogP) is 3.34. The van der Waals surface area contributed by atoms with Crippen LogP contribution in [-0.4, -0.2) is 24.3 Å². The van der Waals surface area contributed by atoms with Crippen molar-refractivity contribution >= 4 is 11.8 Å². The van der Waals surface area contributed by atoms with Crippen molar-refractivity contribution in [3.8, 4) is 0 Å². The lowest BCUT2D eigenvalue weighted by Gasteiger charge is -2.30. The van der Waals surface area contributed by atoms with E-state index in [1.165, 1.54) is 5.56 Å². The van der Waals surface area contributed by atoms with Gasteiger partial charge in [0.05, 0.1) is 0 Å². The standard InChI is InChI=1S/C16H26N2O2/c1-12(2)18(15(19)20-16(3,4)5)14-8-6-13(7-9-14)10-11-17/h6-9,12H,10-11,17H2,1-5H3. The Balaban J connectivity index is 2.93. The van der Waals surface area contributed by atoms with E-state index in [4.69, 9.17) is 10.5 Å². The fourth-order valence-corrected chi connectivity index (χ4v) is 1.92. The summed E-state index contributed by atoms with van der Waals surface area (Å²) in [6.45, 7) is 10.2. The van der Waals surface area contributed by atoms with Crippen LogP contribution in [0.25, 0.3) is 0 Å². The Kier molecular flexibility index (Phi) is 5.57. The minimum absolute atomic E-state index is 0.0326. The molecule has 20 heavy (non-hydrogen) atoms. The first-order valence-electron chi connectivity index (χ1n) is 7.06. The number of rotatable bonds is 4. The highest BCUT2D eigenvalue weighted by atomic mass is 16.6. The van der Waals surface area contributed by atoms with Crippen molar-refractivity contribution in [2.45, 2.75) is 52.7 Å². The van der Waals surface area contributed by atoms with E-state index >= 15 is 0 Å². The summed E-state index contributed by atoms with van der Waals surface area (Å²) in [4.78, 5) is 14.0. The van der Waals surface area contributed by atoms with Crippen LogP contribution < -0.4 is 10.6 Å². The normalized spacial score (nSPS) is 11.6. The van der Waals surface area contributed by atoms with Crippen LogP contribution in [0.1, 0.15) is 40.2 Å². The third kappa shape index (κ3) is 4.85. The van der Waals surface area contributed by atoms with E-state index in [2.05, 4.69) is 0 Å². The molecule has 2 N–H and O–H groups in total. The summed E-state index contributed by atoms with van der Waals surface area (Å²) in [7, 11) is 0. The van der Waals surface area contributed by atoms with Crippen LogP contribution in [0.2, 0.25) is 0 Å². The van der Waals surface area contributed by atoms with Gasteiger partial charge in [-0.1, -0.05) is 12.1 Å². The molecule has 0 aliphatic rings. The highest BCUT2D eigenvalue weighted by Gasteiger charge is 2.25. The van der Waals surface area contributed by atoms with Gasteiger partial charge in [-0.2, -0.15) is 0 Å². The molecule has 0 fully saturated rings. The second-order valence-electron chi connectivity index (χ2n) is 6.15. The molecular weight excluding hydrogens is 252 g/mol. The second-order valence-corrected chi connectivity index (χ2v) is 6.15. The number of ether oxygens (including phenoxy) is 1. The van der Waals surface area contributed by atoms with E-state index in [-0.39, 0.29) is 12.1 Å². The van der Waals surface area contributed by atoms with Crippen LogP contribution in [0.3, 0.4) is 0 Å². The van der Waals surface area contributed by atoms with Gasteiger partial charge in [-0.15, -0.1) is 0 Å². The molecule has 0 spiro atoms. The Morgan fingerprint density at radius 1 is 1.25 bits per heavy atom. The first kappa shape index (κ1) is 16.5. The third-order valence-corrected chi connectivity index (χ3v) is 2.75. The fraction of sp³-hybridized carbons (Fsp3) is 0.562. The average molecular weight is 278 g/mol. The minimum atomic E-state index is -0.496. The van der Waals surface area contributed by atoms with Gasteiger partial charge >= 0.3 is 6.09 Å². The zero-order chi connectivity index (χ0) is 15.3. The van der Waals surface area contributed by atoms with Crippen LogP contribution in [0.5, 0.6) is 0 Å². The molecule has 1 rings (SSSR count). The Bertz CT molecular complexity index is 433. The predicted molar refractivity (Wildman–Crippen MR) is 83.0 cm³/mol. The molecule has 0 atom stereocenters. The lowest BCUT2D eigenvalue weighted by molar-refractivity contribution is 0.0570. The van der Waals surface area contributed by atoms with Gasteiger partial charge in [-0.25, -0.2) is 4.79 Å². The van der Waals surface area contributed by atoms with Gasteiger partial charge in [0.15, 0.2) is 0 Å².